The number of hydrogen-bond donors (Lipinski definition) is 1. The van der Waals surface area contributed by atoms with Crippen molar-refractivity contribution in [2.45, 2.75) is 13.0 Å². The average Bonchev–Trinajstić information content (AvgIpc) is 2.94. The van der Waals surface area contributed by atoms with E-state index in [2.05, 4.69) is 5.32 Å². The van der Waals surface area contributed by atoms with Crippen molar-refractivity contribution in [1.82, 2.24) is 0 Å². The van der Waals surface area contributed by atoms with Gasteiger partial charge in [-0.15, -0.1) is 11.3 Å². The van der Waals surface area contributed by atoms with Gasteiger partial charge in [0.15, 0.2) is 6.10 Å². The van der Waals surface area contributed by atoms with Crippen molar-refractivity contribution in [2.75, 3.05) is 5.32 Å². The second-order valence-electron chi connectivity index (χ2n) is 5.29. The van der Waals surface area contributed by atoms with E-state index in [1.54, 1.807) is 0 Å². The lowest BCUT2D eigenvalue weighted by atomic mass is 10.2. The van der Waals surface area contributed by atoms with Crippen LogP contribution >= 0.6 is 22.9 Å². The molecule has 0 aliphatic rings. The van der Waals surface area contributed by atoms with E-state index in [1.165, 1.54) is 42.5 Å². The molecule has 4 nitrogen and oxygen atoms in total. The first-order chi connectivity index (χ1) is 12.0. The maximum absolute atomic E-state index is 12.9. The zero-order chi connectivity index (χ0) is 18.0. The standard InChI is InChI=1S/C18H13ClFNO3S/c1-10(17(22)21-12-8-6-11(20)7-9-12)24-18(23)16-15(19)13-4-2-3-5-14(13)25-16/h2-10H,1H3,(H,21,22)/t10-/m1/s1. The fourth-order valence-electron chi connectivity index (χ4n) is 2.19. The van der Waals surface area contributed by atoms with Crippen molar-refractivity contribution in [1.29, 1.82) is 0 Å². The minimum Gasteiger partial charge on any atom is -0.448 e. The fraction of sp³-hybridized carbons (Fsp3) is 0.111. The van der Waals surface area contributed by atoms with Crippen LogP contribution in [0.5, 0.6) is 0 Å². The molecule has 0 unspecified atom stereocenters. The van der Waals surface area contributed by atoms with Gasteiger partial charge in [-0.2, -0.15) is 0 Å². The van der Waals surface area contributed by atoms with Crippen LogP contribution in [0.1, 0.15) is 16.6 Å². The number of amides is 1. The normalized spacial score (nSPS) is 12.0. The van der Waals surface area contributed by atoms with E-state index >= 15 is 0 Å². The molecule has 0 radical (unpaired) electrons. The molecule has 1 N–H and O–H groups in total. The Morgan fingerprint density at radius 3 is 2.52 bits per heavy atom. The SMILES string of the molecule is C[C@@H](OC(=O)c1sc2ccccc2c1Cl)C(=O)Nc1ccc(F)cc1. The van der Waals surface area contributed by atoms with Gasteiger partial charge in [-0.25, -0.2) is 9.18 Å². The van der Waals surface area contributed by atoms with E-state index in [0.29, 0.717) is 10.7 Å². The molecule has 2 aromatic carbocycles. The molecule has 0 aliphatic heterocycles. The summed E-state index contributed by atoms with van der Waals surface area (Å²) in [5.74, 6) is -1.58. The van der Waals surface area contributed by atoms with E-state index < -0.39 is 23.8 Å². The molecule has 1 heterocycles. The first-order valence-corrected chi connectivity index (χ1v) is 8.59. The topological polar surface area (TPSA) is 55.4 Å². The highest BCUT2D eigenvalue weighted by Crippen LogP contribution is 2.35. The summed E-state index contributed by atoms with van der Waals surface area (Å²) in [6.07, 6.45) is -1.03. The van der Waals surface area contributed by atoms with Crippen LogP contribution in [0.15, 0.2) is 48.5 Å². The number of anilines is 1. The minimum absolute atomic E-state index is 0.254. The monoisotopic (exact) mass is 377 g/mol. The molecule has 0 saturated carbocycles. The molecule has 0 bridgehead atoms. The number of esters is 1. The zero-order valence-electron chi connectivity index (χ0n) is 13.1. The molecule has 128 valence electrons. The number of halogens is 2. The average molecular weight is 378 g/mol. The Bertz CT molecular complexity index is 939. The van der Waals surface area contributed by atoms with Gasteiger partial charge in [-0.05, 0) is 37.3 Å². The largest absolute Gasteiger partial charge is 0.448 e. The van der Waals surface area contributed by atoms with E-state index in [0.717, 1.165) is 10.1 Å². The molecule has 0 spiro atoms. The van der Waals surface area contributed by atoms with Crippen molar-refractivity contribution in [3.8, 4) is 0 Å². The Morgan fingerprint density at radius 1 is 1.16 bits per heavy atom. The Kier molecular flexibility index (Phi) is 5.01. The number of ether oxygens (including phenoxy) is 1. The van der Waals surface area contributed by atoms with Crippen LogP contribution in [0.3, 0.4) is 0 Å². The number of nitrogens with one attached hydrogen (secondary N) is 1. The van der Waals surface area contributed by atoms with Crippen LogP contribution in [-0.4, -0.2) is 18.0 Å². The van der Waals surface area contributed by atoms with Gasteiger partial charge in [0, 0.05) is 15.8 Å². The van der Waals surface area contributed by atoms with Crippen LogP contribution < -0.4 is 5.32 Å². The minimum atomic E-state index is -1.03. The lowest BCUT2D eigenvalue weighted by molar-refractivity contribution is -0.123. The molecule has 0 saturated heterocycles. The van der Waals surface area contributed by atoms with Crippen molar-refractivity contribution >= 4 is 50.6 Å². The summed E-state index contributed by atoms with van der Waals surface area (Å²) in [4.78, 5) is 24.7. The van der Waals surface area contributed by atoms with Crippen LogP contribution in [0.4, 0.5) is 10.1 Å². The van der Waals surface area contributed by atoms with Gasteiger partial charge in [0.05, 0.1) is 5.02 Å². The second-order valence-corrected chi connectivity index (χ2v) is 6.72. The lowest BCUT2D eigenvalue weighted by Gasteiger charge is -2.13. The quantitative estimate of drug-likeness (QED) is 0.659. The molecule has 0 aliphatic carbocycles. The van der Waals surface area contributed by atoms with Crippen molar-refractivity contribution in [3.05, 3.63) is 64.2 Å². The van der Waals surface area contributed by atoms with Gasteiger partial charge in [-0.1, -0.05) is 29.8 Å². The predicted molar refractivity (Wildman–Crippen MR) is 96.7 cm³/mol. The molecule has 7 heteroatoms. The molecular formula is C18H13ClFNO3S. The van der Waals surface area contributed by atoms with Gasteiger partial charge >= 0.3 is 5.97 Å². The third kappa shape index (κ3) is 3.81. The summed E-state index contributed by atoms with van der Waals surface area (Å²) in [7, 11) is 0. The maximum atomic E-state index is 12.9. The summed E-state index contributed by atoms with van der Waals surface area (Å²) < 4.78 is 18.9. The number of carbonyl (C=O) groups is 2. The van der Waals surface area contributed by atoms with Crippen LogP contribution in [0.2, 0.25) is 5.02 Å². The third-order valence-corrected chi connectivity index (χ3v) is 5.14. The van der Waals surface area contributed by atoms with Crippen molar-refractivity contribution in [2.24, 2.45) is 0 Å². The first kappa shape index (κ1) is 17.4. The molecule has 25 heavy (non-hydrogen) atoms. The van der Waals surface area contributed by atoms with Gasteiger partial charge in [-0.3, -0.25) is 4.79 Å². The second kappa shape index (κ2) is 7.21. The summed E-state index contributed by atoms with van der Waals surface area (Å²) in [6.45, 7) is 1.46. The Balaban J connectivity index is 1.69. The van der Waals surface area contributed by atoms with Crippen LogP contribution in [0, 0.1) is 5.82 Å². The Labute approximate surface area is 152 Å². The van der Waals surface area contributed by atoms with Crippen LogP contribution in [-0.2, 0) is 9.53 Å². The molecule has 0 fully saturated rings. The van der Waals surface area contributed by atoms with Crippen molar-refractivity contribution in [3.63, 3.8) is 0 Å². The number of carbonyl (C=O) groups excluding carboxylic acids is 2. The maximum Gasteiger partial charge on any atom is 0.350 e. The smallest absolute Gasteiger partial charge is 0.350 e. The molecule has 3 aromatic rings. The number of benzene rings is 2. The van der Waals surface area contributed by atoms with Crippen LogP contribution in [0.25, 0.3) is 10.1 Å². The van der Waals surface area contributed by atoms with E-state index in [4.69, 9.17) is 16.3 Å². The highest BCUT2D eigenvalue weighted by molar-refractivity contribution is 7.21. The summed E-state index contributed by atoms with van der Waals surface area (Å²) in [6, 6.07) is 12.6. The summed E-state index contributed by atoms with van der Waals surface area (Å²) in [5, 5.41) is 3.64. The molecule has 1 amide bonds. The zero-order valence-corrected chi connectivity index (χ0v) is 14.7. The number of hydrogen-bond acceptors (Lipinski definition) is 4. The van der Waals surface area contributed by atoms with Gasteiger partial charge in [0.2, 0.25) is 0 Å². The van der Waals surface area contributed by atoms with Gasteiger partial charge < -0.3 is 10.1 Å². The number of thiophene rings is 1. The molecular weight excluding hydrogens is 365 g/mol. The predicted octanol–water partition coefficient (Wildman–Crippen LogP) is 4.88. The number of fused-ring (bicyclic) bond motifs is 1. The Morgan fingerprint density at radius 2 is 1.84 bits per heavy atom. The first-order valence-electron chi connectivity index (χ1n) is 7.40. The highest BCUT2D eigenvalue weighted by atomic mass is 35.5. The van der Waals surface area contributed by atoms with Gasteiger partial charge in [0.1, 0.15) is 10.7 Å². The molecule has 1 aromatic heterocycles. The fourth-order valence-corrected chi connectivity index (χ4v) is 3.58. The van der Waals surface area contributed by atoms with E-state index in [-0.39, 0.29) is 4.88 Å². The van der Waals surface area contributed by atoms with Crippen molar-refractivity contribution < 1.29 is 18.7 Å². The van der Waals surface area contributed by atoms with Gasteiger partial charge in [0.25, 0.3) is 5.91 Å². The third-order valence-electron chi connectivity index (χ3n) is 3.49. The summed E-state index contributed by atoms with van der Waals surface area (Å²) in [5.41, 5.74) is 0.411. The molecule has 1 atom stereocenters. The lowest BCUT2D eigenvalue weighted by Crippen LogP contribution is -2.29. The number of rotatable bonds is 4. The van der Waals surface area contributed by atoms with E-state index in [9.17, 15) is 14.0 Å². The molecule has 3 rings (SSSR count). The highest BCUT2D eigenvalue weighted by Gasteiger charge is 2.23. The Hall–Kier alpha value is -2.44. The summed E-state index contributed by atoms with van der Waals surface area (Å²) >= 11 is 7.44. The van der Waals surface area contributed by atoms with E-state index in [1.807, 2.05) is 24.3 Å².